The van der Waals surface area contributed by atoms with Gasteiger partial charge in [-0.15, -0.1) is 0 Å². The standard InChI is InChI=1S/C3H5N.CH4.F.Pr/c1-2-3-4;;;/h2H2,1H3;1H4;;. The van der Waals surface area contributed by atoms with Gasteiger partial charge in [-0.1, -0.05) is 14.4 Å². The third kappa shape index (κ3) is 48.8. The van der Waals surface area contributed by atoms with Gasteiger partial charge in [-0.2, -0.15) is 5.26 Å². The van der Waals surface area contributed by atoms with Crippen LogP contribution in [0.4, 0.5) is 4.70 Å². The monoisotopic (exact) mass is 231 g/mol. The van der Waals surface area contributed by atoms with Crippen LogP contribution in [0.3, 0.4) is 0 Å². The van der Waals surface area contributed by atoms with Crippen molar-refractivity contribution < 1.29 is 46.0 Å². The van der Waals surface area contributed by atoms with E-state index in [2.05, 4.69) is 0 Å². The summed E-state index contributed by atoms with van der Waals surface area (Å²) >= 11 is 0. The van der Waals surface area contributed by atoms with Crippen molar-refractivity contribution in [1.29, 1.82) is 5.26 Å². The van der Waals surface area contributed by atoms with E-state index in [1.165, 1.54) is 0 Å². The van der Waals surface area contributed by atoms with Crippen LogP contribution in [0.2, 0.25) is 0 Å². The topological polar surface area (TPSA) is 23.8 Å². The molecule has 0 atom stereocenters. The van der Waals surface area contributed by atoms with Gasteiger partial charge in [-0.05, 0) is 0 Å². The SMILES string of the molecule is C.CCC#N.[F].[Pr]. The minimum atomic E-state index is 0. The summed E-state index contributed by atoms with van der Waals surface area (Å²) in [5.41, 5.74) is 0. The van der Waals surface area contributed by atoms with Crippen molar-refractivity contribution in [3.8, 4) is 6.07 Å². The van der Waals surface area contributed by atoms with Crippen LogP contribution in [0.25, 0.3) is 0 Å². The van der Waals surface area contributed by atoms with Gasteiger partial charge in [0, 0.05) is 52.4 Å². The summed E-state index contributed by atoms with van der Waals surface area (Å²) in [5.74, 6) is 0. The molecule has 0 unspecified atom stereocenters. The van der Waals surface area contributed by atoms with Gasteiger partial charge >= 0.3 is 0 Å². The third-order valence-electron chi connectivity index (χ3n) is 0.158. The Hall–Kier alpha value is 0.784. The molecule has 0 aromatic heterocycles. The molecule has 0 aliphatic carbocycles. The van der Waals surface area contributed by atoms with Gasteiger partial charge in [0.2, 0.25) is 0 Å². The van der Waals surface area contributed by atoms with Gasteiger partial charge < -0.3 is 0 Å². The van der Waals surface area contributed by atoms with Crippen molar-refractivity contribution in [3.05, 3.63) is 0 Å². The van der Waals surface area contributed by atoms with E-state index in [1.807, 2.05) is 13.0 Å². The quantitative estimate of drug-likeness (QED) is 0.625. The Labute approximate surface area is 77.4 Å². The average molecular weight is 231 g/mol. The molecule has 0 aliphatic rings. The summed E-state index contributed by atoms with van der Waals surface area (Å²) in [5, 5.41) is 7.62. The molecular formula is C4H9FNPr. The molecular weight excluding hydrogens is 222 g/mol. The second-order valence-corrected chi connectivity index (χ2v) is 0.512. The van der Waals surface area contributed by atoms with E-state index < -0.39 is 0 Å². The molecule has 3 heteroatoms. The van der Waals surface area contributed by atoms with E-state index >= 15 is 0 Å². The summed E-state index contributed by atoms with van der Waals surface area (Å²) in [4.78, 5) is 0. The van der Waals surface area contributed by atoms with Gasteiger partial charge in [0.1, 0.15) is 0 Å². The first-order chi connectivity index (χ1) is 1.91. The average Bonchev–Trinajstić information content (AvgIpc) is 1.37. The Morgan fingerprint density at radius 2 is 1.71 bits per heavy atom. The van der Waals surface area contributed by atoms with Gasteiger partial charge in [-0.25, -0.2) is 0 Å². The van der Waals surface area contributed by atoms with E-state index in [-0.39, 0.29) is 53.4 Å². The van der Waals surface area contributed by atoms with Crippen LogP contribution in [-0.4, -0.2) is 0 Å². The zero-order valence-corrected chi connectivity index (χ0v) is 7.31. The maximum Gasteiger partial charge on any atom is 0.0618 e. The summed E-state index contributed by atoms with van der Waals surface area (Å²) in [7, 11) is 0. The molecule has 0 heterocycles. The van der Waals surface area contributed by atoms with Crippen LogP contribution in [-0.2, 0) is 0 Å². The van der Waals surface area contributed by atoms with Crippen LogP contribution in [0.5, 0.6) is 0 Å². The molecule has 1 nitrogen and oxygen atoms in total. The molecule has 0 saturated heterocycles. The second kappa shape index (κ2) is 29.3. The van der Waals surface area contributed by atoms with E-state index in [1.54, 1.807) is 0 Å². The zero-order valence-electron chi connectivity index (χ0n) is 3.61. The van der Waals surface area contributed by atoms with Crippen molar-refractivity contribution in [2.24, 2.45) is 0 Å². The maximum atomic E-state index is 7.62. The number of hydrogen-bond donors (Lipinski definition) is 0. The Morgan fingerprint density at radius 1 is 1.57 bits per heavy atom. The van der Waals surface area contributed by atoms with Crippen molar-refractivity contribution in [3.63, 3.8) is 0 Å². The van der Waals surface area contributed by atoms with E-state index in [4.69, 9.17) is 5.26 Å². The first-order valence-electron chi connectivity index (χ1n) is 1.28. The molecule has 0 saturated carbocycles. The van der Waals surface area contributed by atoms with E-state index in [9.17, 15) is 0 Å². The van der Waals surface area contributed by atoms with Crippen molar-refractivity contribution in [2.75, 3.05) is 0 Å². The van der Waals surface area contributed by atoms with Gasteiger partial charge in [0.15, 0.2) is 0 Å². The number of nitriles is 1. The summed E-state index contributed by atoms with van der Waals surface area (Å²) < 4.78 is 0. The van der Waals surface area contributed by atoms with Crippen LogP contribution >= 0.6 is 0 Å². The number of halogens is 1. The van der Waals surface area contributed by atoms with E-state index in [0.29, 0.717) is 6.42 Å². The molecule has 7 heavy (non-hydrogen) atoms. The second-order valence-electron chi connectivity index (χ2n) is 0.512. The first-order valence-corrected chi connectivity index (χ1v) is 1.28. The van der Waals surface area contributed by atoms with Crippen molar-refractivity contribution in [1.82, 2.24) is 0 Å². The molecule has 0 rings (SSSR count). The Balaban J connectivity index is -0.0000000150. The number of hydrogen-bond acceptors (Lipinski definition) is 1. The summed E-state index contributed by atoms with van der Waals surface area (Å²) in [6.07, 6.45) is 0.625. The zero-order chi connectivity index (χ0) is 3.41. The van der Waals surface area contributed by atoms with Crippen molar-refractivity contribution >= 4 is 0 Å². The molecule has 0 aromatic carbocycles. The molecule has 0 aromatic rings. The largest absolute Gasteiger partial charge is 0.198 e. The number of nitrogens with zero attached hydrogens (tertiary/aromatic N) is 1. The molecule has 40 valence electrons. The maximum absolute atomic E-state index is 7.62. The fraction of sp³-hybridized carbons (Fsp3) is 0.750. The van der Waals surface area contributed by atoms with Crippen LogP contribution in [0, 0.1) is 52.6 Å². The van der Waals surface area contributed by atoms with Gasteiger partial charge in [-0.3, -0.25) is 0 Å². The molecule has 0 N–H and O–H groups in total. The predicted molar refractivity (Wildman–Crippen MR) is 23.7 cm³/mol. The van der Waals surface area contributed by atoms with Gasteiger partial charge in [0.25, 0.3) is 0 Å². The molecule has 0 aliphatic heterocycles. The Morgan fingerprint density at radius 3 is 1.71 bits per heavy atom. The molecule has 0 bridgehead atoms. The molecule has 0 amide bonds. The predicted octanol–water partition coefficient (Wildman–Crippen LogP) is 1.98. The van der Waals surface area contributed by atoms with Crippen molar-refractivity contribution in [2.45, 2.75) is 20.8 Å². The molecule has 0 spiro atoms. The number of rotatable bonds is 0. The normalized spacial score (nSPS) is 2.86. The minimum absolute atomic E-state index is 0. The molecule has 0 fully saturated rings. The third-order valence-corrected chi connectivity index (χ3v) is 0.158. The summed E-state index contributed by atoms with van der Waals surface area (Å²) in [6.45, 7) is 1.82. The van der Waals surface area contributed by atoms with Gasteiger partial charge in [0.05, 0.1) is 6.07 Å². The van der Waals surface area contributed by atoms with Crippen LogP contribution < -0.4 is 0 Å². The van der Waals surface area contributed by atoms with Crippen LogP contribution in [0.1, 0.15) is 20.8 Å². The first kappa shape index (κ1) is 25.0. The Kier molecular flexibility index (Phi) is 105. The fourth-order valence-electron chi connectivity index (χ4n) is 0. The minimum Gasteiger partial charge on any atom is -0.198 e. The summed E-state index contributed by atoms with van der Waals surface area (Å²) in [6, 6.07) is 1.93. The molecule has 2 radical (unpaired) electrons. The van der Waals surface area contributed by atoms with Crippen LogP contribution in [0.15, 0.2) is 0 Å². The Bertz CT molecular complexity index is 41.4. The smallest absolute Gasteiger partial charge is 0.0618 e. The van der Waals surface area contributed by atoms with E-state index in [0.717, 1.165) is 0 Å². The fourth-order valence-corrected chi connectivity index (χ4v) is 0.